The SMILES string of the molecule is c1c2cc3cc4cc5cc6cc1c1c7c8cc9cc%10c(c%11c(cc%12cc%13c(c%14c(cc%15cc(c7c6c%15c5%14)C8)C%13)c4c%12c3%11)C%10)c2c91. The van der Waals surface area contributed by atoms with Crippen molar-refractivity contribution in [1.82, 2.24) is 0 Å². The van der Waals surface area contributed by atoms with E-state index in [0.29, 0.717) is 0 Å². The van der Waals surface area contributed by atoms with E-state index < -0.39 is 0 Å². The maximum atomic E-state index is 2.59. The fourth-order valence-corrected chi connectivity index (χ4v) is 12.1. The minimum Gasteiger partial charge on any atom is -0.0501 e. The summed E-state index contributed by atoms with van der Waals surface area (Å²) < 4.78 is 0. The van der Waals surface area contributed by atoms with E-state index in [2.05, 4.69) is 72.8 Å². The van der Waals surface area contributed by atoms with Gasteiger partial charge in [-0.1, -0.05) is 36.4 Å². The second-order valence-electron chi connectivity index (χ2n) is 15.1. The highest BCUT2D eigenvalue weighted by atomic mass is 14.3. The lowest BCUT2D eigenvalue weighted by Crippen LogP contribution is -1.91. The van der Waals surface area contributed by atoms with Crippen molar-refractivity contribution in [3.63, 3.8) is 0 Å². The standard InChI is InChI=1S/C45H18/c1-16-7-18-3-23-5-20-9-21-6-24-4-19-8-17-2-22(1)37-40-25-10-26-14-28-12-30-15-29-11-27(13-25)42(32(18)31(16)40)38(23)44(29)35(20)36(21)45(30)39(24)43(28)34(19)33(17)41(26)37/h1-6,10-15H,7-9H2. The molecule has 0 N–H and O–H groups in total. The van der Waals surface area contributed by atoms with Crippen LogP contribution in [0.15, 0.2) is 72.8 Å². The molecule has 0 saturated heterocycles. The van der Waals surface area contributed by atoms with Crippen molar-refractivity contribution in [2.75, 3.05) is 0 Å². The summed E-state index contributed by atoms with van der Waals surface area (Å²) in [6.07, 6.45) is 3.09. The third-order valence-corrected chi connectivity index (χ3v) is 13.3. The third-order valence-electron chi connectivity index (χ3n) is 13.3. The summed E-state index contributed by atoms with van der Waals surface area (Å²) >= 11 is 0. The minimum absolute atomic E-state index is 1.03. The van der Waals surface area contributed by atoms with Gasteiger partial charge in [-0.15, -0.1) is 0 Å². The lowest BCUT2D eigenvalue weighted by molar-refractivity contribution is 1.27. The molecule has 13 aromatic rings. The second-order valence-corrected chi connectivity index (χ2v) is 15.1. The Labute approximate surface area is 254 Å². The van der Waals surface area contributed by atoms with Crippen molar-refractivity contribution in [2.45, 2.75) is 19.3 Å². The van der Waals surface area contributed by atoms with E-state index >= 15 is 0 Å². The van der Waals surface area contributed by atoms with Gasteiger partial charge in [0.2, 0.25) is 0 Å². The first kappa shape index (κ1) is 19.7. The van der Waals surface area contributed by atoms with E-state index in [1.54, 1.807) is 0 Å². The normalized spacial score (nSPS) is 15.7. The van der Waals surface area contributed by atoms with Crippen LogP contribution in [-0.2, 0) is 19.3 Å². The van der Waals surface area contributed by atoms with Crippen LogP contribution in [0.1, 0.15) is 33.4 Å². The Hall–Kier alpha value is -5.46. The summed E-state index contributed by atoms with van der Waals surface area (Å²) in [6.45, 7) is 0. The Morgan fingerprint density at radius 2 is 0.333 bits per heavy atom. The van der Waals surface area contributed by atoms with Crippen molar-refractivity contribution in [1.29, 1.82) is 0 Å². The molecule has 0 radical (unpaired) electrons. The molecule has 13 aromatic carbocycles. The van der Waals surface area contributed by atoms with Gasteiger partial charge in [0.1, 0.15) is 0 Å². The second kappa shape index (κ2) is 5.48. The molecule has 16 rings (SSSR count). The van der Waals surface area contributed by atoms with E-state index in [0.717, 1.165) is 19.3 Å². The van der Waals surface area contributed by atoms with Crippen molar-refractivity contribution in [2.24, 2.45) is 0 Å². The molecular weight excluding hydrogens is 540 g/mol. The molecule has 0 fully saturated rings. The summed E-state index contributed by atoms with van der Waals surface area (Å²) in [5.74, 6) is 0. The van der Waals surface area contributed by atoms with E-state index in [1.807, 2.05) is 0 Å². The molecule has 0 aromatic heterocycles. The highest BCUT2D eigenvalue weighted by Gasteiger charge is 2.32. The van der Waals surface area contributed by atoms with Gasteiger partial charge in [-0.25, -0.2) is 0 Å². The van der Waals surface area contributed by atoms with E-state index in [9.17, 15) is 0 Å². The fourth-order valence-electron chi connectivity index (χ4n) is 12.1. The first-order valence-electron chi connectivity index (χ1n) is 16.5. The molecule has 0 amide bonds. The number of rotatable bonds is 0. The maximum Gasteiger partial charge on any atom is -0.00126 e. The molecule has 0 atom stereocenters. The maximum absolute atomic E-state index is 2.59. The van der Waals surface area contributed by atoms with Crippen LogP contribution in [0.25, 0.3) is 129 Å². The van der Waals surface area contributed by atoms with Crippen LogP contribution in [0.5, 0.6) is 0 Å². The highest BCUT2D eigenvalue weighted by molar-refractivity contribution is 6.47. The first-order valence-corrected chi connectivity index (χ1v) is 16.5. The van der Waals surface area contributed by atoms with Crippen LogP contribution in [0.4, 0.5) is 0 Å². The summed E-state index contributed by atoms with van der Waals surface area (Å²) in [6, 6.07) is 31.0. The molecule has 198 valence electrons. The first-order chi connectivity index (χ1) is 22.2. The molecule has 0 spiro atoms. The molecule has 0 aliphatic heterocycles. The Balaban J connectivity index is 1.50. The van der Waals surface area contributed by atoms with E-state index in [-0.39, 0.29) is 0 Å². The van der Waals surface area contributed by atoms with Crippen LogP contribution in [0.2, 0.25) is 0 Å². The molecule has 3 aliphatic rings. The van der Waals surface area contributed by atoms with Gasteiger partial charge in [0.05, 0.1) is 0 Å². The Morgan fingerprint density at radius 1 is 0.178 bits per heavy atom. The average molecular weight is 559 g/mol. The molecule has 0 heterocycles. The zero-order chi connectivity index (χ0) is 27.9. The van der Waals surface area contributed by atoms with Gasteiger partial charge in [-0.05, 0) is 218 Å². The molecule has 45 heavy (non-hydrogen) atoms. The average Bonchev–Trinajstić information content (AvgIpc) is 3.58. The topological polar surface area (TPSA) is 0 Å². The van der Waals surface area contributed by atoms with Crippen LogP contribution in [0, 0.1) is 0 Å². The summed E-state index contributed by atoms with van der Waals surface area (Å²) in [4.78, 5) is 0. The Kier molecular flexibility index (Phi) is 2.41. The highest BCUT2D eigenvalue weighted by Crippen LogP contribution is 2.57. The molecule has 0 unspecified atom stereocenters. The lowest BCUT2D eigenvalue weighted by atomic mass is 9.89. The predicted octanol–water partition coefficient (Wildman–Crippen LogP) is 11.9. The van der Waals surface area contributed by atoms with Gasteiger partial charge in [0, 0.05) is 0 Å². The monoisotopic (exact) mass is 558 g/mol. The van der Waals surface area contributed by atoms with Gasteiger partial charge in [-0.3, -0.25) is 0 Å². The van der Waals surface area contributed by atoms with Gasteiger partial charge in [0.25, 0.3) is 0 Å². The Morgan fingerprint density at radius 3 is 0.533 bits per heavy atom. The van der Waals surface area contributed by atoms with E-state index in [1.165, 1.54) is 163 Å². The van der Waals surface area contributed by atoms with Crippen LogP contribution in [-0.4, -0.2) is 0 Å². The number of hydrogen-bond acceptors (Lipinski definition) is 0. The van der Waals surface area contributed by atoms with Crippen molar-refractivity contribution >= 4 is 129 Å². The molecule has 0 saturated carbocycles. The number of hydrogen-bond donors (Lipinski definition) is 0. The van der Waals surface area contributed by atoms with Crippen LogP contribution >= 0.6 is 0 Å². The zero-order valence-corrected chi connectivity index (χ0v) is 24.0. The fraction of sp³-hybridized carbons (Fsp3) is 0.0667. The lowest BCUT2D eigenvalue weighted by Gasteiger charge is -2.14. The molecule has 0 nitrogen and oxygen atoms in total. The van der Waals surface area contributed by atoms with Crippen LogP contribution < -0.4 is 0 Å². The van der Waals surface area contributed by atoms with Gasteiger partial charge in [0.15, 0.2) is 0 Å². The number of benzene rings is 9. The van der Waals surface area contributed by atoms with Crippen molar-refractivity contribution in [3.8, 4) is 0 Å². The summed E-state index contributed by atoms with van der Waals surface area (Å²) in [7, 11) is 0. The molecule has 15 bridgehead atoms. The van der Waals surface area contributed by atoms with E-state index in [4.69, 9.17) is 0 Å². The molecule has 0 heteroatoms. The van der Waals surface area contributed by atoms with Crippen molar-refractivity contribution in [3.05, 3.63) is 106 Å². The quantitative estimate of drug-likeness (QED) is 0.174. The smallest absolute Gasteiger partial charge is 0.00126 e. The Bertz CT molecular complexity index is 3050. The predicted molar refractivity (Wildman–Crippen MR) is 192 cm³/mol. The third kappa shape index (κ3) is 1.69. The van der Waals surface area contributed by atoms with Crippen LogP contribution in [0.3, 0.4) is 0 Å². The van der Waals surface area contributed by atoms with Gasteiger partial charge >= 0.3 is 0 Å². The zero-order valence-electron chi connectivity index (χ0n) is 24.0. The summed E-state index contributed by atoms with van der Waals surface area (Å²) in [5.41, 5.74) is 9.12. The minimum atomic E-state index is 1.03. The molecule has 3 aliphatic carbocycles. The van der Waals surface area contributed by atoms with Gasteiger partial charge < -0.3 is 0 Å². The largest absolute Gasteiger partial charge is 0.0501 e. The van der Waals surface area contributed by atoms with Crippen molar-refractivity contribution < 1.29 is 0 Å². The summed E-state index contributed by atoms with van der Waals surface area (Å²) in [5, 5.41) is 35.3. The van der Waals surface area contributed by atoms with Gasteiger partial charge in [-0.2, -0.15) is 0 Å². The molecular formula is C45H18.